The second kappa shape index (κ2) is 14.9. The van der Waals surface area contributed by atoms with Crippen LogP contribution in [0.4, 0.5) is 5.69 Å². The first-order chi connectivity index (χ1) is 21.5. The maximum Gasteiger partial charge on any atom is 0.264 e. The predicted molar refractivity (Wildman–Crippen MR) is 178 cm³/mol. The van der Waals surface area contributed by atoms with E-state index >= 15 is 0 Å². The normalized spacial score (nSPS) is 12.0. The van der Waals surface area contributed by atoms with Gasteiger partial charge in [0.1, 0.15) is 18.3 Å². The summed E-state index contributed by atoms with van der Waals surface area (Å²) in [4.78, 5) is 29.9. The number of aryl methyl sites for hydroxylation is 2. The van der Waals surface area contributed by atoms with Crippen LogP contribution in [0.2, 0.25) is 0 Å². The summed E-state index contributed by atoms with van der Waals surface area (Å²) < 4.78 is 34.8. The van der Waals surface area contributed by atoms with Crippen LogP contribution in [0.3, 0.4) is 0 Å². The summed E-state index contributed by atoms with van der Waals surface area (Å²) in [5.74, 6) is -0.239. The number of benzene rings is 4. The molecule has 0 unspecified atom stereocenters. The highest BCUT2D eigenvalue weighted by Crippen LogP contribution is 2.26. The summed E-state index contributed by atoms with van der Waals surface area (Å²) in [5, 5.41) is 2.97. The summed E-state index contributed by atoms with van der Waals surface area (Å²) in [6.07, 6.45) is 0.240. The van der Waals surface area contributed by atoms with E-state index in [2.05, 4.69) is 5.32 Å². The van der Waals surface area contributed by atoms with E-state index in [1.165, 1.54) is 4.90 Å². The summed E-state index contributed by atoms with van der Waals surface area (Å²) in [5.41, 5.74) is 3.82. The summed E-state index contributed by atoms with van der Waals surface area (Å²) in [7, 11) is -2.59. The molecule has 0 aliphatic heterocycles. The van der Waals surface area contributed by atoms with Crippen LogP contribution in [0.25, 0.3) is 0 Å². The van der Waals surface area contributed by atoms with Crippen molar-refractivity contribution < 1.29 is 22.7 Å². The SMILES string of the molecule is COc1cccc(CN(C(=O)CN(c2ccc(C)cc2)S(=O)(=O)c2ccc(C)cc2)[C@H](Cc2ccccc2)C(=O)NC(C)C)c1. The molecular weight excluding hydrogens is 586 g/mol. The molecule has 4 aromatic rings. The molecule has 2 amide bonds. The highest BCUT2D eigenvalue weighted by Gasteiger charge is 2.34. The molecular formula is C36H41N3O5S. The fourth-order valence-corrected chi connectivity index (χ4v) is 6.39. The van der Waals surface area contributed by atoms with E-state index in [-0.39, 0.29) is 29.8 Å². The Morgan fingerprint density at radius 2 is 1.40 bits per heavy atom. The second-order valence-electron chi connectivity index (χ2n) is 11.4. The monoisotopic (exact) mass is 627 g/mol. The highest BCUT2D eigenvalue weighted by molar-refractivity contribution is 7.92. The minimum atomic E-state index is -4.15. The lowest BCUT2D eigenvalue weighted by Crippen LogP contribution is -2.54. The van der Waals surface area contributed by atoms with Crippen LogP contribution in [0, 0.1) is 13.8 Å². The Morgan fingerprint density at radius 1 is 0.800 bits per heavy atom. The van der Waals surface area contributed by atoms with Gasteiger partial charge in [0.15, 0.2) is 0 Å². The third kappa shape index (κ3) is 8.73. The summed E-state index contributed by atoms with van der Waals surface area (Å²) in [6, 6.07) is 29.2. The van der Waals surface area contributed by atoms with Crippen molar-refractivity contribution in [3.8, 4) is 5.75 Å². The van der Waals surface area contributed by atoms with E-state index in [0.717, 1.165) is 26.6 Å². The Balaban J connectivity index is 1.81. The minimum Gasteiger partial charge on any atom is -0.497 e. The molecule has 4 aromatic carbocycles. The van der Waals surface area contributed by atoms with Gasteiger partial charge in [0.25, 0.3) is 10.0 Å². The molecule has 0 radical (unpaired) electrons. The van der Waals surface area contributed by atoms with Crippen LogP contribution in [-0.4, -0.2) is 50.9 Å². The molecule has 0 saturated heterocycles. The Morgan fingerprint density at radius 3 is 2.00 bits per heavy atom. The maximum absolute atomic E-state index is 14.5. The fraction of sp³-hybridized carbons (Fsp3) is 0.278. The smallest absolute Gasteiger partial charge is 0.264 e. The number of nitrogens with one attached hydrogen (secondary N) is 1. The van der Waals surface area contributed by atoms with Crippen molar-refractivity contribution in [3.05, 3.63) is 125 Å². The van der Waals surface area contributed by atoms with Crippen LogP contribution in [0.1, 0.15) is 36.1 Å². The Bertz CT molecular complexity index is 1690. The number of hydrogen-bond donors (Lipinski definition) is 1. The molecule has 1 atom stereocenters. The van der Waals surface area contributed by atoms with Crippen molar-refractivity contribution in [1.82, 2.24) is 10.2 Å². The number of amides is 2. The fourth-order valence-electron chi connectivity index (χ4n) is 4.98. The molecule has 0 heterocycles. The van der Waals surface area contributed by atoms with Gasteiger partial charge in [-0.3, -0.25) is 13.9 Å². The number of sulfonamides is 1. The van der Waals surface area contributed by atoms with E-state index < -0.39 is 28.5 Å². The van der Waals surface area contributed by atoms with Gasteiger partial charge in [0, 0.05) is 19.0 Å². The van der Waals surface area contributed by atoms with Gasteiger partial charge in [0.2, 0.25) is 11.8 Å². The second-order valence-corrected chi connectivity index (χ2v) is 13.3. The zero-order valence-corrected chi connectivity index (χ0v) is 27.3. The molecule has 1 N–H and O–H groups in total. The Hall–Kier alpha value is -4.63. The van der Waals surface area contributed by atoms with Crippen LogP contribution >= 0.6 is 0 Å². The zero-order chi connectivity index (χ0) is 32.6. The van der Waals surface area contributed by atoms with Gasteiger partial charge in [-0.15, -0.1) is 0 Å². The van der Waals surface area contributed by atoms with E-state index in [1.807, 2.05) is 70.2 Å². The van der Waals surface area contributed by atoms with Crippen LogP contribution in [0.15, 0.2) is 108 Å². The molecule has 0 fully saturated rings. The van der Waals surface area contributed by atoms with Gasteiger partial charge in [-0.05, 0) is 75.2 Å². The van der Waals surface area contributed by atoms with Crippen LogP contribution in [0.5, 0.6) is 5.75 Å². The first-order valence-electron chi connectivity index (χ1n) is 14.9. The number of carbonyl (C=O) groups excluding carboxylic acids is 2. The number of hydrogen-bond acceptors (Lipinski definition) is 5. The average Bonchev–Trinajstić information content (AvgIpc) is 3.02. The first-order valence-corrected chi connectivity index (χ1v) is 16.3. The third-order valence-electron chi connectivity index (χ3n) is 7.40. The first kappa shape index (κ1) is 33.3. The zero-order valence-electron chi connectivity index (χ0n) is 26.4. The Labute approximate surface area is 266 Å². The summed E-state index contributed by atoms with van der Waals surface area (Å²) in [6.45, 7) is 7.06. The van der Waals surface area contributed by atoms with Crippen molar-refractivity contribution in [1.29, 1.82) is 0 Å². The molecule has 0 spiro atoms. The van der Waals surface area contributed by atoms with E-state index in [4.69, 9.17) is 4.74 Å². The number of methoxy groups -OCH3 is 1. The number of anilines is 1. The van der Waals surface area contributed by atoms with Crippen LogP contribution < -0.4 is 14.4 Å². The van der Waals surface area contributed by atoms with Crippen molar-refractivity contribution in [2.45, 2.75) is 57.6 Å². The molecule has 0 aliphatic rings. The number of ether oxygens (including phenoxy) is 1. The van der Waals surface area contributed by atoms with Crippen LogP contribution in [-0.2, 0) is 32.6 Å². The summed E-state index contributed by atoms with van der Waals surface area (Å²) >= 11 is 0. The number of nitrogens with zero attached hydrogens (tertiary/aromatic N) is 2. The molecule has 9 heteroatoms. The lowest BCUT2D eigenvalue weighted by molar-refractivity contribution is -0.140. The molecule has 4 rings (SSSR count). The van der Waals surface area contributed by atoms with Gasteiger partial charge in [-0.2, -0.15) is 0 Å². The van der Waals surface area contributed by atoms with Crippen molar-refractivity contribution in [3.63, 3.8) is 0 Å². The minimum absolute atomic E-state index is 0.0609. The lowest BCUT2D eigenvalue weighted by Gasteiger charge is -2.34. The Kier molecular flexibility index (Phi) is 11.0. The largest absolute Gasteiger partial charge is 0.497 e. The van der Waals surface area contributed by atoms with Gasteiger partial charge in [-0.25, -0.2) is 8.42 Å². The maximum atomic E-state index is 14.5. The lowest BCUT2D eigenvalue weighted by atomic mass is 10.0. The highest BCUT2D eigenvalue weighted by atomic mass is 32.2. The average molecular weight is 628 g/mol. The molecule has 45 heavy (non-hydrogen) atoms. The van der Waals surface area contributed by atoms with Gasteiger partial charge >= 0.3 is 0 Å². The van der Waals surface area contributed by atoms with Crippen molar-refractivity contribution in [2.24, 2.45) is 0 Å². The number of rotatable bonds is 13. The van der Waals surface area contributed by atoms with Crippen molar-refractivity contribution >= 4 is 27.5 Å². The topological polar surface area (TPSA) is 96.0 Å². The molecule has 0 aromatic heterocycles. The molecule has 8 nitrogen and oxygen atoms in total. The molecule has 0 aliphatic carbocycles. The van der Waals surface area contributed by atoms with Gasteiger partial charge in [-0.1, -0.05) is 77.9 Å². The predicted octanol–water partition coefficient (Wildman–Crippen LogP) is 5.67. The van der Waals surface area contributed by atoms with Gasteiger partial charge in [0.05, 0.1) is 17.7 Å². The van der Waals surface area contributed by atoms with E-state index in [9.17, 15) is 18.0 Å². The standard InChI is InChI=1S/C36H41N3O5S/c1-26(2)37-36(41)34(23-29-10-7-6-8-11-29)38(24-30-12-9-13-32(22-30)44-5)35(40)25-39(31-18-14-27(3)15-19-31)45(42,43)33-20-16-28(4)17-21-33/h6-22,26,34H,23-25H2,1-5H3,(H,37,41)/t34-/m1/s1. The molecule has 0 saturated carbocycles. The number of carbonyl (C=O) groups is 2. The van der Waals surface area contributed by atoms with E-state index in [1.54, 1.807) is 67.8 Å². The van der Waals surface area contributed by atoms with Crippen molar-refractivity contribution in [2.75, 3.05) is 18.0 Å². The quantitative estimate of drug-likeness (QED) is 0.206. The molecule has 236 valence electrons. The molecule has 0 bridgehead atoms. The van der Waals surface area contributed by atoms with E-state index in [0.29, 0.717) is 11.4 Å². The third-order valence-corrected chi connectivity index (χ3v) is 9.19. The van der Waals surface area contributed by atoms with Gasteiger partial charge < -0.3 is 15.0 Å².